The van der Waals surface area contributed by atoms with Gasteiger partial charge in [-0.25, -0.2) is 0 Å². The van der Waals surface area contributed by atoms with Gasteiger partial charge in [-0.1, -0.05) is 54.1 Å². The number of rotatable bonds is 5. The van der Waals surface area contributed by atoms with Crippen molar-refractivity contribution in [3.05, 3.63) is 88.4 Å². The second-order valence-electron chi connectivity index (χ2n) is 9.41. The highest BCUT2D eigenvalue weighted by Crippen LogP contribution is 2.70. The van der Waals surface area contributed by atoms with Crippen molar-refractivity contribution in [3.63, 3.8) is 0 Å². The van der Waals surface area contributed by atoms with Crippen LogP contribution in [0.5, 0.6) is 17.2 Å². The van der Waals surface area contributed by atoms with Crippen LogP contribution in [-0.2, 0) is 16.0 Å². The van der Waals surface area contributed by atoms with E-state index in [2.05, 4.69) is 0 Å². The fourth-order valence-electron chi connectivity index (χ4n) is 5.94. The van der Waals surface area contributed by atoms with E-state index < -0.39 is 29.1 Å². The molecule has 2 N–H and O–H groups in total. The first kappa shape index (κ1) is 24.4. The third-order valence-electron chi connectivity index (χ3n) is 7.44. The standard InChI is InChI=1S/C28H28ClNO6/c1-30(2)26(32)22-23(16-8-6-5-7-9-16)28(17-10-12-18(29)13-11-17)27(33,25(22)31)24-20(35-4)14-19(34-3)15-21(24)36-28/h5-15,22-23,25,31,33H,1-4H3/t22-,23-,25-,27+,28+/m1/s1. The number of carbonyl (C=O) groups is 1. The Labute approximate surface area is 214 Å². The van der Waals surface area contributed by atoms with Crippen molar-refractivity contribution < 1.29 is 29.2 Å². The number of ether oxygens (including phenoxy) is 3. The number of carbonyl (C=O) groups excluding carboxylic acids is 1. The number of amides is 1. The molecule has 1 fully saturated rings. The maximum atomic E-state index is 13.6. The van der Waals surface area contributed by atoms with Gasteiger partial charge in [-0.05, 0) is 23.3 Å². The molecule has 3 aromatic carbocycles. The van der Waals surface area contributed by atoms with Crippen LogP contribution in [0.25, 0.3) is 0 Å². The van der Waals surface area contributed by atoms with Crippen molar-refractivity contribution in [1.82, 2.24) is 4.90 Å². The zero-order chi connectivity index (χ0) is 25.8. The Morgan fingerprint density at radius 1 is 1.03 bits per heavy atom. The van der Waals surface area contributed by atoms with Crippen LogP contribution in [0.4, 0.5) is 0 Å². The number of halogens is 1. The van der Waals surface area contributed by atoms with E-state index in [1.807, 2.05) is 30.3 Å². The highest BCUT2D eigenvalue weighted by Gasteiger charge is 2.78. The molecule has 3 aromatic rings. The van der Waals surface area contributed by atoms with Crippen LogP contribution in [0.2, 0.25) is 5.02 Å². The first-order valence-corrected chi connectivity index (χ1v) is 12.0. The SMILES string of the molecule is COc1cc(OC)c2c(c1)O[C@@]1(c3ccc(Cl)cc3)[C@H](c3ccccc3)[C@@H](C(=O)N(C)C)[C@@H](O)[C@@]21O. The van der Waals surface area contributed by atoms with Gasteiger partial charge in [-0.15, -0.1) is 0 Å². The van der Waals surface area contributed by atoms with Crippen LogP contribution in [0.1, 0.15) is 22.6 Å². The monoisotopic (exact) mass is 509 g/mol. The van der Waals surface area contributed by atoms with Gasteiger partial charge >= 0.3 is 0 Å². The first-order chi connectivity index (χ1) is 17.2. The molecule has 0 bridgehead atoms. The van der Waals surface area contributed by atoms with E-state index in [0.717, 1.165) is 5.56 Å². The first-order valence-electron chi connectivity index (χ1n) is 11.6. The lowest BCUT2D eigenvalue weighted by molar-refractivity contribution is -0.156. The molecule has 0 saturated heterocycles. The molecule has 0 radical (unpaired) electrons. The molecule has 0 unspecified atom stereocenters. The minimum Gasteiger partial charge on any atom is -0.496 e. The summed E-state index contributed by atoms with van der Waals surface area (Å²) in [6.07, 6.45) is -1.53. The summed E-state index contributed by atoms with van der Waals surface area (Å²) in [7, 11) is 6.25. The number of hydrogen-bond donors (Lipinski definition) is 2. The number of aliphatic hydroxyl groups is 2. The number of nitrogens with zero attached hydrogens (tertiary/aromatic N) is 1. The number of methoxy groups -OCH3 is 2. The zero-order valence-electron chi connectivity index (χ0n) is 20.4. The van der Waals surface area contributed by atoms with E-state index in [1.165, 1.54) is 19.1 Å². The van der Waals surface area contributed by atoms with Crippen LogP contribution in [0, 0.1) is 5.92 Å². The summed E-state index contributed by atoms with van der Waals surface area (Å²) in [5.41, 5.74) is -2.07. The summed E-state index contributed by atoms with van der Waals surface area (Å²) in [6.45, 7) is 0. The van der Waals surface area contributed by atoms with Gasteiger partial charge in [0.05, 0.1) is 25.7 Å². The topological polar surface area (TPSA) is 88.5 Å². The molecule has 2 aliphatic rings. The molecular weight excluding hydrogens is 482 g/mol. The molecule has 1 saturated carbocycles. The third-order valence-corrected chi connectivity index (χ3v) is 7.69. The van der Waals surface area contributed by atoms with Crippen LogP contribution >= 0.6 is 11.6 Å². The van der Waals surface area contributed by atoms with Gasteiger partial charge in [0.2, 0.25) is 5.91 Å². The summed E-state index contributed by atoms with van der Waals surface area (Å²) in [6, 6.07) is 19.5. The van der Waals surface area contributed by atoms with Crippen LogP contribution < -0.4 is 14.2 Å². The highest BCUT2D eigenvalue weighted by atomic mass is 35.5. The lowest BCUT2D eigenvalue weighted by atomic mass is 9.70. The van der Waals surface area contributed by atoms with E-state index in [9.17, 15) is 15.0 Å². The predicted octanol–water partition coefficient (Wildman–Crippen LogP) is 3.70. The number of hydrogen-bond acceptors (Lipinski definition) is 6. The Hall–Kier alpha value is -3.26. The quantitative estimate of drug-likeness (QED) is 0.545. The van der Waals surface area contributed by atoms with E-state index in [4.69, 9.17) is 25.8 Å². The third kappa shape index (κ3) is 3.16. The van der Waals surface area contributed by atoms with E-state index in [-0.39, 0.29) is 17.2 Å². The van der Waals surface area contributed by atoms with E-state index >= 15 is 0 Å². The van der Waals surface area contributed by atoms with Gasteiger partial charge in [0.15, 0.2) is 11.2 Å². The normalized spacial score (nSPS) is 28.1. The van der Waals surface area contributed by atoms with Gasteiger partial charge in [0.1, 0.15) is 23.4 Å². The molecule has 7 nitrogen and oxygen atoms in total. The Morgan fingerprint density at radius 3 is 2.28 bits per heavy atom. The van der Waals surface area contributed by atoms with Crippen molar-refractivity contribution in [2.45, 2.75) is 23.2 Å². The maximum absolute atomic E-state index is 13.6. The summed E-state index contributed by atoms with van der Waals surface area (Å²) in [5, 5.41) is 25.2. The molecule has 0 aromatic heterocycles. The minimum atomic E-state index is -2.05. The van der Waals surface area contributed by atoms with Crippen molar-refractivity contribution in [1.29, 1.82) is 0 Å². The van der Waals surface area contributed by atoms with Gasteiger partial charge in [-0.2, -0.15) is 0 Å². The summed E-state index contributed by atoms with van der Waals surface area (Å²) in [4.78, 5) is 15.1. The molecule has 1 heterocycles. The number of fused-ring (bicyclic) bond motifs is 3. The zero-order valence-corrected chi connectivity index (χ0v) is 21.2. The molecule has 1 amide bonds. The molecule has 0 spiro atoms. The molecule has 188 valence electrons. The Kier molecular flexibility index (Phi) is 5.90. The lowest BCUT2D eigenvalue weighted by Gasteiger charge is -2.41. The molecule has 1 aliphatic heterocycles. The number of benzene rings is 3. The van der Waals surface area contributed by atoms with Gasteiger partial charge < -0.3 is 29.3 Å². The fraction of sp³-hybridized carbons (Fsp3) is 0.321. The van der Waals surface area contributed by atoms with E-state index in [0.29, 0.717) is 22.1 Å². The second kappa shape index (κ2) is 8.69. The summed E-state index contributed by atoms with van der Waals surface area (Å²) >= 11 is 6.22. The fourth-order valence-corrected chi connectivity index (χ4v) is 6.06. The van der Waals surface area contributed by atoms with Crippen molar-refractivity contribution in [2.75, 3.05) is 28.3 Å². The average Bonchev–Trinajstić information content (AvgIpc) is 3.26. The molecular formula is C28H28ClNO6. The smallest absolute Gasteiger partial charge is 0.228 e. The van der Waals surface area contributed by atoms with E-state index in [1.54, 1.807) is 50.5 Å². The lowest BCUT2D eigenvalue weighted by Crippen LogP contribution is -2.52. The second-order valence-corrected chi connectivity index (χ2v) is 9.84. The predicted molar refractivity (Wildman–Crippen MR) is 135 cm³/mol. The van der Waals surface area contributed by atoms with Crippen molar-refractivity contribution in [2.24, 2.45) is 5.92 Å². The Bertz CT molecular complexity index is 1300. The molecule has 1 aliphatic carbocycles. The largest absolute Gasteiger partial charge is 0.496 e. The summed E-state index contributed by atoms with van der Waals surface area (Å²) < 4.78 is 17.8. The molecule has 36 heavy (non-hydrogen) atoms. The Morgan fingerprint density at radius 2 is 1.69 bits per heavy atom. The Balaban J connectivity index is 1.89. The average molecular weight is 510 g/mol. The molecule has 8 heteroatoms. The van der Waals surface area contributed by atoms with Crippen LogP contribution in [0.15, 0.2) is 66.7 Å². The maximum Gasteiger partial charge on any atom is 0.228 e. The highest BCUT2D eigenvalue weighted by molar-refractivity contribution is 6.30. The van der Waals surface area contributed by atoms with Crippen molar-refractivity contribution >= 4 is 17.5 Å². The summed E-state index contributed by atoms with van der Waals surface area (Å²) in [5.74, 6) is -1.07. The minimum absolute atomic E-state index is 0.267. The van der Waals surface area contributed by atoms with Crippen LogP contribution in [-0.4, -0.2) is 55.4 Å². The van der Waals surface area contributed by atoms with Gasteiger partial charge in [0.25, 0.3) is 0 Å². The van der Waals surface area contributed by atoms with Gasteiger partial charge in [-0.3, -0.25) is 4.79 Å². The number of aliphatic hydroxyl groups excluding tert-OH is 1. The molecule has 5 rings (SSSR count). The molecule has 5 atom stereocenters. The van der Waals surface area contributed by atoms with Crippen molar-refractivity contribution in [3.8, 4) is 17.2 Å². The van der Waals surface area contributed by atoms with Crippen LogP contribution in [0.3, 0.4) is 0 Å². The van der Waals surface area contributed by atoms with Gasteiger partial charge in [0, 0.05) is 37.2 Å².